The van der Waals surface area contributed by atoms with Crippen LogP contribution in [0.3, 0.4) is 0 Å². The van der Waals surface area contributed by atoms with E-state index in [0.29, 0.717) is 6.54 Å². The molecule has 1 aromatic rings. The molecule has 0 spiro atoms. The molecule has 2 atom stereocenters. The van der Waals surface area contributed by atoms with Crippen molar-refractivity contribution in [1.29, 1.82) is 0 Å². The molecule has 2 N–H and O–H groups in total. The number of rotatable bonds is 3. The second-order valence-corrected chi connectivity index (χ2v) is 6.17. The van der Waals surface area contributed by atoms with E-state index in [2.05, 4.69) is 22.8 Å². The van der Waals surface area contributed by atoms with E-state index in [1.54, 1.807) is 7.11 Å². The Bertz CT molecular complexity index is 546. The maximum absolute atomic E-state index is 5.50. The molecular formula is C18H24N2O. The molecular weight excluding hydrogens is 260 g/mol. The molecule has 0 radical (unpaired) electrons. The van der Waals surface area contributed by atoms with Crippen LogP contribution in [0.1, 0.15) is 30.4 Å². The van der Waals surface area contributed by atoms with Gasteiger partial charge in [0.05, 0.1) is 13.7 Å². The Kier molecular flexibility index (Phi) is 4.48. The minimum absolute atomic E-state index is 0.402. The van der Waals surface area contributed by atoms with Gasteiger partial charge in [0.25, 0.3) is 0 Å². The average molecular weight is 284 g/mol. The van der Waals surface area contributed by atoms with Crippen molar-refractivity contribution in [3.8, 4) is 17.6 Å². The van der Waals surface area contributed by atoms with Crippen LogP contribution in [0.2, 0.25) is 0 Å². The van der Waals surface area contributed by atoms with Crippen LogP contribution in [0.15, 0.2) is 18.2 Å². The van der Waals surface area contributed by atoms with E-state index in [0.717, 1.165) is 29.7 Å². The van der Waals surface area contributed by atoms with Gasteiger partial charge in [-0.2, -0.15) is 0 Å². The van der Waals surface area contributed by atoms with Crippen LogP contribution in [0.25, 0.3) is 0 Å². The van der Waals surface area contributed by atoms with Gasteiger partial charge in [-0.15, -0.1) is 0 Å². The van der Waals surface area contributed by atoms with Gasteiger partial charge >= 0.3 is 0 Å². The highest BCUT2D eigenvalue weighted by atomic mass is 16.5. The molecule has 1 aliphatic heterocycles. The fourth-order valence-corrected chi connectivity index (χ4v) is 3.80. The molecule has 2 unspecified atom stereocenters. The number of nitrogens with zero attached hydrogens (tertiary/aromatic N) is 1. The number of hydrogen-bond acceptors (Lipinski definition) is 3. The number of ether oxygens (including phenoxy) is 1. The zero-order chi connectivity index (χ0) is 14.7. The van der Waals surface area contributed by atoms with E-state index in [1.807, 2.05) is 12.1 Å². The highest BCUT2D eigenvalue weighted by Gasteiger charge is 2.35. The lowest BCUT2D eigenvalue weighted by molar-refractivity contribution is 0.302. The summed E-state index contributed by atoms with van der Waals surface area (Å²) in [5, 5.41) is 0. The van der Waals surface area contributed by atoms with Crippen LogP contribution in [0.5, 0.6) is 5.75 Å². The van der Waals surface area contributed by atoms with Crippen LogP contribution >= 0.6 is 0 Å². The standard InChI is InChI=1S/C18H24N2O/c1-21-18-8-7-14(6-3-9-19)17(10-18)13-20-11-15-4-2-5-16(15)12-20/h7-8,10,15-16H,2,4-5,9,11-13,19H2,1H3. The van der Waals surface area contributed by atoms with Crippen LogP contribution in [0, 0.1) is 23.7 Å². The predicted octanol–water partition coefficient (Wildman–Crippen LogP) is 2.24. The number of hydrogen-bond donors (Lipinski definition) is 1. The molecule has 2 aliphatic rings. The van der Waals surface area contributed by atoms with Crippen molar-refractivity contribution in [3.63, 3.8) is 0 Å². The molecule has 2 fully saturated rings. The Morgan fingerprint density at radius 3 is 2.71 bits per heavy atom. The zero-order valence-corrected chi connectivity index (χ0v) is 12.8. The van der Waals surface area contributed by atoms with E-state index in [9.17, 15) is 0 Å². The summed E-state index contributed by atoms with van der Waals surface area (Å²) in [5.41, 5.74) is 7.84. The summed E-state index contributed by atoms with van der Waals surface area (Å²) >= 11 is 0. The lowest BCUT2D eigenvalue weighted by Gasteiger charge is -2.18. The molecule has 0 amide bonds. The van der Waals surface area contributed by atoms with E-state index in [4.69, 9.17) is 10.5 Å². The molecule has 21 heavy (non-hydrogen) atoms. The van der Waals surface area contributed by atoms with E-state index in [-0.39, 0.29) is 0 Å². The van der Waals surface area contributed by atoms with E-state index >= 15 is 0 Å². The van der Waals surface area contributed by atoms with Crippen LogP contribution in [-0.4, -0.2) is 31.6 Å². The first-order valence-corrected chi connectivity index (χ1v) is 7.88. The van der Waals surface area contributed by atoms with Crippen molar-refractivity contribution < 1.29 is 4.74 Å². The third-order valence-corrected chi connectivity index (χ3v) is 4.83. The van der Waals surface area contributed by atoms with Gasteiger partial charge in [-0.25, -0.2) is 0 Å². The molecule has 1 saturated carbocycles. The monoisotopic (exact) mass is 284 g/mol. The number of nitrogens with two attached hydrogens (primary N) is 1. The SMILES string of the molecule is COc1ccc(C#CCN)c(CN2CC3CCCC3C2)c1. The minimum Gasteiger partial charge on any atom is -0.497 e. The maximum atomic E-state index is 5.50. The van der Waals surface area contributed by atoms with Crippen molar-refractivity contribution in [2.75, 3.05) is 26.7 Å². The van der Waals surface area contributed by atoms with Gasteiger partial charge in [-0.05, 0) is 48.4 Å². The van der Waals surface area contributed by atoms with Crippen LogP contribution < -0.4 is 10.5 Å². The number of likely N-dealkylation sites (tertiary alicyclic amines) is 1. The Balaban J connectivity index is 1.76. The molecule has 1 saturated heterocycles. The largest absolute Gasteiger partial charge is 0.497 e. The van der Waals surface area contributed by atoms with Crippen molar-refractivity contribution >= 4 is 0 Å². The van der Waals surface area contributed by atoms with Gasteiger partial charge in [0.1, 0.15) is 5.75 Å². The Morgan fingerprint density at radius 1 is 1.29 bits per heavy atom. The number of benzene rings is 1. The molecule has 1 aliphatic carbocycles. The fraction of sp³-hybridized carbons (Fsp3) is 0.556. The summed E-state index contributed by atoms with van der Waals surface area (Å²) in [7, 11) is 1.71. The lowest BCUT2D eigenvalue weighted by Crippen LogP contribution is -2.21. The lowest BCUT2D eigenvalue weighted by atomic mass is 10.0. The van der Waals surface area contributed by atoms with Crippen LogP contribution in [0.4, 0.5) is 0 Å². The van der Waals surface area contributed by atoms with Gasteiger partial charge in [0, 0.05) is 25.2 Å². The van der Waals surface area contributed by atoms with Gasteiger partial charge in [0.2, 0.25) is 0 Å². The van der Waals surface area contributed by atoms with Gasteiger partial charge in [-0.1, -0.05) is 18.3 Å². The Hall–Kier alpha value is -1.50. The molecule has 3 rings (SSSR count). The maximum Gasteiger partial charge on any atom is 0.119 e. The van der Waals surface area contributed by atoms with Gasteiger partial charge in [-0.3, -0.25) is 4.90 Å². The Morgan fingerprint density at radius 2 is 2.05 bits per heavy atom. The molecule has 112 valence electrons. The summed E-state index contributed by atoms with van der Waals surface area (Å²) in [6.07, 6.45) is 4.26. The highest BCUT2D eigenvalue weighted by Crippen LogP contribution is 2.38. The van der Waals surface area contributed by atoms with Crippen molar-refractivity contribution in [3.05, 3.63) is 29.3 Å². The fourth-order valence-electron chi connectivity index (χ4n) is 3.80. The second kappa shape index (κ2) is 6.51. The first-order valence-electron chi connectivity index (χ1n) is 7.88. The predicted molar refractivity (Wildman–Crippen MR) is 85.0 cm³/mol. The van der Waals surface area contributed by atoms with Crippen molar-refractivity contribution in [2.45, 2.75) is 25.8 Å². The third kappa shape index (κ3) is 3.23. The topological polar surface area (TPSA) is 38.5 Å². The smallest absolute Gasteiger partial charge is 0.119 e. The summed E-state index contributed by atoms with van der Waals surface area (Å²) < 4.78 is 5.36. The van der Waals surface area contributed by atoms with Crippen LogP contribution in [-0.2, 0) is 6.54 Å². The molecule has 3 heteroatoms. The normalized spacial score (nSPS) is 24.5. The minimum atomic E-state index is 0.402. The number of methoxy groups -OCH3 is 1. The van der Waals surface area contributed by atoms with Crippen molar-refractivity contribution in [1.82, 2.24) is 4.90 Å². The highest BCUT2D eigenvalue weighted by molar-refractivity contribution is 5.45. The van der Waals surface area contributed by atoms with E-state index < -0.39 is 0 Å². The zero-order valence-electron chi connectivity index (χ0n) is 12.8. The number of fused-ring (bicyclic) bond motifs is 1. The summed E-state index contributed by atoms with van der Waals surface area (Å²) in [4.78, 5) is 2.58. The molecule has 1 heterocycles. The quantitative estimate of drug-likeness (QED) is 0.865. The average Bonchev–Trinajstić information content (AvgIpc) is 3.07. The summed E-state index contributed by atoms with van der Waals surface area (Å²) in [6, 6.07) is 6.14. The summed E-state index contributed by atoms with van der Waals surface area (Å²) in [5.74, 6) is 8.91. The molecule has 1 aromatic carbocycles. The first kappa shape index (κ1) is 14.4. The molecule has 0 aromatic heterocycles. The van der Waals surface area contributed by atoms with E-state index in [1.165, 1.54) is 37.9 Å². The first-order chi connectivity index (χ1) is 10.3. The third-order valence-electron chi connectivity index (χ3n) is 4.83. The Labute approximate surface area is 127 Å². The molecule has 0 bridgehead atoms. The molecule has 3 nitrogen and oxygen atoms in total. The van der Waals surface area contributed by atoms with Gasteiger partial charge in [0.15, 0.2) is 0 Å². The summed E-state index contributed by atoms with van der Waals surface area (Å²) in [6.45, 7) is 3.86. The second-order valence-electron chi connectivity index (χ2n) is 6.17. The van der Waals surface area contributed by atoms with Crippen molar-refractivity contribution in [2.24, 2.45) is 17.6 Å². The van der Waals surface area contributed by atoms with Gasteiger partial charge < -0.3 is 10.5 Å².